The first-order valence-corrected chi connectivity index (χ1v) is 6.89. The number of hydrogen-bond acceptors (Lipinski definition) is 3. The SMILES string of the molecule is CN1CCN(C(CO)c2c[nH]c3ccccc23)CC1. The fraction of sp³-hybridized carbons (Fsp3) is 0.467. The highest BCUT2D eigenvalue weighted by molar-refractivity contribution is 5.83. The second kappa shape index (κ2) is 5.33. The summed E-state index contributed by atoms with van der Waals surface area (Å²) in [6.45, 7) is 4.34. The van der Waals surface area contributed by atoms with Crippen LogP contribution in [0, 0.1) is 0 Å². The van der Waals surface area contributed by atoms with Crippen LogP contribution >= 0.6 is 0 Å². The van der Waals surface area contributed by atoms with Gasteiger partial charge in [0, 0.05) is 43.3 Å². The number of H-pyrrole nitrogens is 1. The summed E-state index contributed by atoms with van der Waals surface area (Å²) in [7, 11) is 2.15. The Morgan fingerprint density at radius 2 is 1.95 bits per heavy atom. The fourth-order valence-corrected chi connectivity index (χ4v) is 2.91. The molecule has 4 nitrogen and oxygen atoms in total. The van der Waals surface area contributed by atoms with E-state index in [1.165, 1.54) is 10.9 Å². The Bertz CT molecular complexity index is 543. The van der Waals surface area contributed by atoms with Crippen molar-refractivity contribution in [2.24, 2.45) is 0 Å². The molecule has 2 heterocycles. The Morgan fingerprint density at radius 1 is 1.21 bits per heavy atom. The second-order valence-corrected chi connectivity index (χ2v) is 5.33. The van der Waals surface area contributed by atoms with Crippen molar-refractivity contribution in [3.8, 4) is 0 Å². The molecule has 0 amide bonds. The zero-order valence-electron chi connectivity index (χ0n) is 11.3. The lowest BCUT2D eigenvalue weighted by molar-refractivity contribution is 0.0755. The van der Waals surface area contributed by atoms with Crippen LogP contribution in [0.2, 0.25) is 0 Å². The van der Waals surface area contributed by atoms with E-state index in [9.17, 15) is 5.11 Å². The lowest BCUT2D eigenvalue weighted by Crippen LogP contribution is -2.46. The standard InChI is InChI=1S/C15H21N3O/c1-17-6-8-18(9-7-17)15(11-19)13-10-16-14-5-3-2-4-12(13)14/h2-5,10,15-16,19H,6-9,11H2,1H3. The molecule has 0 radical (unpaired) electrons. The minimum Gasteiger partial charge on any atom is -0.394 e. The van der Waals surface area contributed by atoms with Crippen molar-refractivity contribution < 1.29 is 5.11 Å². The number of para-hydroxylation sites is 1. The third-order valence-electron chi connectivity index (χ3n) is 4.13. The quantitative estimate of drug-likeness (QED) is 0.876. The third kappa shape index (κ3) is 2.39. The zero-order chi connectivity index (χ0) is 13.2. The van der Waals surface area contributed by atoms with E-state index in [-0.39, 0.29) is 12.6 Å². The van der Waals surface area contributed by atoms with E-state index in [4.69, 9.17) is 0 Å². The highest BCUT2D eigenvalue weighted by Gasteiger charge is 2.25. The summed E-state index contributed by atoms with van der Waals surface area (Å²) in [6, 6.07) is 8.40. The highest BCUT2D eigenvalue weighted by atomic mass is 16.3. The van der Waals surface area contributed by atoms with Gasteiger partial charge in [-0.1, -0.05) is 18.2 Å². The molecule has 3 rings (SSSR count). The molecule has 0 spiro atoms. The maximum Gasteiger partial charge on any atom is 0.0629 e. The lowest BCUT2D eigenvalue weighted by Gasteiger charge is -2.37. The van der Waals surface area contributed by atoms with Crippen molar-refractivity contribution >= 4 is 10.9 Å². The van der Waals surface area contributed by atoms with Crippen LogP contribution in [0.5, 0.6) is 0 Å². The van der Waals surface area contributed by atoms with E-state index in [1.54, 1.807) is 0 Å². The van der Waals surface area contributed by atoms with Gasteiger partial charge in [-0.05, 0) is 18.7 Å². The van der Waals surface area contributed by atoms with Crippen molar-refractivity contribution in [2.75, 3.05) is 39.8 Å². The molecule has 0 bridgehead atoms. The van der Waals surface area contributed by atoms with Gasteiger partial charge in [0.25, 0.3) is 0 Å². The molecule has 102 valence electrons. The molecule has 1 aliphatic rings. The summed E-state index contributed by atoms with van der Waals surface area (Å²) in [5.74, 6) is 0. The Balaban J connectivity index is 1.89. The summed E-state index contributed by atoms with van der Waals surface area (Å²) in [5, 5.41) is 11.0. The molecule has 2 aromatic rings. The van der Waals surface area contributed by atoms with Crippen molar-refractivity contribution in [1.29, 1.82) is 0 Å². The van der Waals surface area contributed by atoms with Gasteiger partial charge in [0.15, 0.2) is 0 Å². The largest absolute Gasteiger partial charge is 0.394 e. The predicted octanol–water partition coefficient (Wildman–Crippen LogP) is 1.45. The van der Waals surface area contributed by atoms with E-state index in [0.29, 0.717) is 0 Å². The Labute approximate surface area is 113 Å². The lowest BCUT2D eigenvalue weighted by atomic mass is 10.0. The van der Waals surface area contributed by atoms with Crippen molar-refractivity contribution in [3.05, 3.63) is 36.0 Å². The van der Waals surface area contributed by atoms with E-state index in [1.807, 2.05) is 12.3 Å². The molecule has 1 unspecified atom stereocenters. The molecule has 2 N–H and O–H groups in total. The summed E-state index contributed by atoms with van der Waals surface area (Å²) >= 11 is 0. The molecule has 4 heteroatoms. The van der Waals surface area contributed by atoms with E-state index < -0.39 is 0 Å². The number of aromatic amines is 1. The van der Waals surface area contributed by atoms with Crippen LogP contribution < -0.4 is 0 Å². The van der Waals surface area contributed by atoms with Crippen LogP contribution in [0.25, 0.3) is 10.9 Å². The number of nitrogens with zero attached hydrogens (tertiary/aromatic N) is 2. The number of aromatic nitrogens is 1. The maximum absolute atomic E-state index is 9.81. The van der Waals surface area contributed by atoms with Crippen LogP contribution in [-0.4, -0.2) is 59.7 Å². The molecule has 1 aromatic heterocycles. The Kier molecular flexibility index (Phi) is 3.55. The van der Waals surface area contributed by atoms with Gasteiger partial charge in [0.05, 0.1) is 12.6 Å². The normalized spacial score (nSPS) is 19.9. The molecule has 0 aliphatic carbocycles. The zero-order valence-corrected chi connectivity index (χ0v) is 11.3. The second-order valence-electron chi connectivity index (χ2n) is 5.33. The minimum atomic E-state index is 0.102. The number of likely N-dealkylation sites (N-methyl/N-ethyl adjacent to an activating group) is 1. The smallest absolute Gasteiger partial charge is 0.0629 e. The van der Waals surface area contributed by atoms with Crippen LogP contribution in [0.15, 0.2) is 30.5 Å². The van der Waals surface area contributed by atoms with Gasteiger partial charge in [0.2, 0.25) is 0 Å². The van der Waals surface area contributed by atoms with Gasteiger partial charge >= 0.3 is 0 Å². The number of aliphatic hydroxyl groups is 1. The van der Waals surface area contributed by atoms with Crippen LogP contribution in [0.3, 0.4) is 0 Å². The number of nitrogens with one attached hydrogen (secondary N) is 1. The summed E-state index contributed by atoms with van der Waals surface area (Å²) in [6.07, 6.45) is 2.05. The molecule has 1 saturated heterocycles. The van der Waals surface area contributed by atoms with Gasteiger partial charge in [-0.2, -0.15) is 0 Å². The first-order valence-electron chi connectivity index (χ1n) is 6.89. The van der Waals surface area contributed by atoms with E-state index in [2.05, 4.69) is 40.0 Å². The predicted molar refractivity (Wildman–Crippen MR) is 77.2 cm³/mol. The van der Waals surface area contributed by atoms with Crippen LogP contribution in [0.4, 0.5) is 0 Å². The third-order valence-corrected chi connectivity index (χ3v) is 4.13. The van der Waals surface area contributed by atoms with Crippen molar-refractivity contribution in [3.63, 3.8) is 0 Å². The number of piperazine rings is 1. The van der Waals surface area contributed by atoms with Gasteiger partial charge in [0.1, 0.15) is 0 Å². The number of rotatable bonds is 3. The van der Waals surface area contributed by atoms with Gasteiger partial charge in [-0.3, -0.25) is 4.90 Å². The Hall–Kier alpha value is -1.36. The average molecular weight is 259 g/mol. The highest BCUT2D eigenvalue weighted by Crippen LogP contribution is 2.28. The molecule has 1 aliphatic heterocycles. The first-order chi connectivity index (χ1) is 9.29. The summed E-state index contributed by atoms with van der Waals surface area (Å²) in [4.78, 5) is 8.02. The van der Waals surface area contributed by atoms with E-state index in [0.717, 1.165) is 31.7 Å². The average Bonchev–Trinajstić information content (AvgIpc) is 2.86. The van der Waals surface area contributed by atoms with Crippen molar-refractivity contribution in [1.82, 2.24) is 14.8 Å². The molecule has 1 fully saturated rings. The van der Waals surface area contributed by atoms with Crippen molar-refractivity contribution in [2.45, 2.75) is 6.04 Å². The number of aliphatic hydroxyl groups excluding tert-OH is 1. The fourth-order valence-electron chi connectivity index (χ4n) is 2.91. The summed E-state index contributed by atoms with van der Waals surface area (Å²) < 4.78 is 0. The molecule has 1 aromatic carbocycles. The van der Waals surface area contributed by atoms with Gasteiger partial charge in [-0.15, -0.1) is 0 Å². The monoisotopic (exact) mass is 259 g/mol. The first kappa shape index (κ1) is 12.7. The summed E-state index contributed by atoms with van der Waals surface area (Å²) in [5.41, 5.74) is 2.35. The topological polar surface area (TPSA) is 42.5 Å². The molecular weight excluding hydrogens is 238 g/mol. The van der Waals surface area contributed by atoms with Crippen LogP contribution in [-0.2, 0) is 0 Å². The maximum atomic E-state index is 9.81. The molecule has 1 atom stereocenters. The van der Waals surface area contributed by atoms with Gasteiger partial charge in [-0.25, -0.2) is 0 Å². The Morgan fingerprint density at radius 3 is 2.68 bits per heavy atom. The van der Waals surface area contributed by atoms with E-state index >= 15 is 0 Å². The minimum absolute atomic E-state index is 0.102. The molecular formula is C15H21N3O. The number of hydrogen-bond donors (Lipinski definition) is 2. The molecule has 0 saturated carbocycles. The van der Waals surface area contributed by atoms with Gasteiger partial charge < -0.3 is 15.0 Å². The van der Waals surface area contributed by atoms with Crippen LogP contribution in [0.1, 0.15) is 11.6 Å². The molecule has 19 heavy (non-hydrogen) atoms. The number of benzene rings is 1. The number of fused-ring (bicyclic) bond motifs is 1.